The van der Waals surface area contributed by atoms with Crippen molar-refractivity contribution in [3.63, 3.8) is 0 Å². The van der Waals surface area contributed by atoms with Crippen molar-refractivity contribution < 1.29 is 14.2 Å². The fourth-order valence-corrected chi connectivity index (χ4v) is 2.31. The number of halogens is 1. The van der Waals surface area contributed by atoms with E-state index < -0.39 is 6.10 Å². The number of aliphatic hydroxyl groups is 1. The van der Waals surface area contributed by atoms with Crippen molar-refractivity contribution in [2.24, 2.45) is 0 Å². The first kappa shape index (κ1) is 14.4. The van der Waals surface area contributed by atoms with Gasteiger partial charge in [-0.1, -0.05) is 12.1 Å². The molecular weight excluding hydrogens is 245 g/mol. The fourth-order valence-electron chi connectivity index (χ4n) is 2.31. The minimum Gasteiger partial charge on any atom is -0.388 e. The minimum absolute atomic E-state index is 0.250. The van der Waals surface area contributed by atoms with E-state index in [9.17, 15) is 9.50 Å². The maximum Gasteiger partial charge on any atom is 0.126 e. The van der Waals surface area contributed by atoms with Gasteiger partial charge in [0.25, 0.3) is 0 Å². The Balaban J connectivity index is 1.85. The van der Waals surface area contributed by atoms with Gasteiger partial charge in [0.05, 0.1) is 12.7 Å². The van der Waals surface area contributed by atoms with Crippen LogP contribution >= 0.6 is 0 Å². The largest absolute Gasteiger partial charge is 0.388 e. The van der Waals surface area contributed by atoms with Crippen LogP contribution in [-0.2, 0) is 4.74 Å². The SMILES string of the molecule is Cc1ccc(C(O)CCN2CCCOCC2)cc1F. The molecule has 1 aromatic carbocycles. The van der Waals surface area contributed by atoms with E-state index in [1.165, 1.54) is 6.07 Å². The van der Waals surface area contributed by atoms with Crippen molar-refractivity contribution >= 4 is 0 Å². The Labute approximate surface area is 114 Å². The molecule has 1 atom stereocenters. The number of hydrogen-bond donors (Lipinski definition) is 1. The summed E-state index contributed by atoms with van der Waals surface area (Å²) in [5.74, 6) is -0.250. The molecule has 0 saturated carbocycles. The molecule has 0 bridgehead atoms. The van der Waals surface area contributed by atoms with E-state index in [0.29, 0.717) is 17.5 Å². The van der Waals surface area contributed by atoms with Crippen LogP contribution in [0.15, 0.2) is 18.2 Å². The minimum atomic E-state index is -0.598. The summed E-state index contributed by atoms with van der Waals surface area (Å²) in [7, 11) is 0. The van der Waals surface area contributed by atoms with Gasteiger partial charge in [0, 0.05) is 26.2 Å². The molecule has 3 nitrogen and oxygen atoms in total. The second-order valence-electron chi connectivity index (χ2n) is 5.12. The lowest BCUT2D eigenvalue weighted by Gasteiger charge is -2.21. The van der Waals surface area contributed by atoms with Gasteiger partial charge < -0.3 is 14.7 Å². The van der Waals surface area contributed by atoms with Crippen LogP contribution in [0.25, 0.3) is 0 Å². The van der Waals surface area contributed by atoms with Crippen molar-refractivity contribution in [1.29, 1.82) is 0 Å². The summed E-state index contributed by atoms with van der Waals surface area (Å²) in [6, 6.07) is 4.95. The zero-order chi connectivity index (χ0) is 13.7. The average Bonchev–Trinajstić information content (AvgIpc) is 2.67. The molecule has 106 valence electrons. The van der Waals surface area contributed by atoms with E-state index in [0.717, 1.165) is 39.3 Å². The van der Waals surface area contributed by atoms with E-state index in [1.807, 2.05) is 0 Å². The Kier molecular flexibility index (Phi) is 5.31. The van der Waals surface area contributed by atoms with E-state index in [-0.39, 0.29) is 5.82 Å². The molecule has 1 fully saturated rings. The molecule has 19 heavy (non-hydrogen) atoms. The second kappa shape index (κ2) is 6.98. The summed E-state index contributed by atoms with van der Waals surface area (Å²) < 4.78 is 18.8. The van der Waals surface area contributed by atoms with E-state index in [2.05, 4.69) is 4.90 Å². The molecular formula is C15H22FNO2. The van der Waals surface area contributed by atoms with E-state index >= 15 is 0 Å². The molecule has 0 aliphatic carbocycles. The molecule has 2 rings (SSSR count). The summed E-state index contributed by atoms with van der Waals surface area (Å²) in [4.78, 5) is 2.29. The first-order valence-electron chi connectivity index (χ1n) is 6.91. The number of rotatable bonds is 4. The van der Waals surface area contributed by atoms with Crippen molar-refractivity contribution in [3.8, 4) is 0 Å². The highest BCUT2D eigenvalue weighted by atomic mass is 19.1. The smallest absolute Gasteiger partial charge is 0.126 e. The average molecular weight is 267 g/mol. The number of aryl methyl sites for hydroxylation is 1. The first-order valence-corrected chi connectivity index (χ1v) is 6.91. The number of benzene rings is 1. The Morgan fingerprint density at radius 1 is 1.37 bits per heavy atom. The van der Waals surface area contributed by atoms with Gasteiger partial charge in [0.2, 0.25) is 0 Å². The van der Waals surface area contributed by atoms with Gasteiger partial charge >= 0.3 is 0 Å². The predicted molar refractivity (Wildman–Crippen MR) is 72.6 cm³/mol. The van der Waals surface area contributed by atoms with Gasteiger partial charge in [-0.15, -0.1) is 0 Å². The lowest BCUT2D eigenvalue weighted by molar-refractivity contribution is 0.126. The van der Waals surface area contributed by atoms with Crippen molar-refractivity contribution in [2.45, 2.75) is 25.9 Å². The summed E-state index contributed by atoms with van der Waals surface area (Å²) in [5, 5.41) is 10.1. The van der Waals surface area contributed by atoms with E-state index in [1.54, 1.807) is 19.1 Å². The monoisotopic (exact) mass is 267 g/mol. The van der Waals surface area contributed by atoms with Crippen LogP contribution in [0, 0.1) is 12.7 Å². The molecule has 1 unspecified atom stereocenters. The summed E-state index contributed by atoms with van der Waals surface area (Å²) in [6.07, 6.45) is 1.07. The van der Waals surface area contributed by atoms with Gasteiger partial charge in [-0.3, -0.25) is 0 Å². The third-order valence-corrected chi connectivity index (χ3v) is 3.61. The molecule has 0 aromatic heterocycles. The van der Waals surface area contributed by atoms with Gasteiger partial charge in [-0.2, -0.15) is 0 Å². The molecule has 1 N–H and O–H groups in total. The predicted octanol–water partition coefficient (Wildman–Crippen LogP) is 2.28. The second-order valence-corrected chi connectivity index (χ2v) is 5.12. The molecule has 4 heteroatoms. The van der Waals surface area contributed by atoms with Crippen molar-refractivity contribution in [1.82, 2.24) is 4.90 Å². The third-order valence-electron chi connectivity index (χ3n) is 3.61. The number of aliphatic hydroxyl groups excluding tert-OH is 1. The van der Waals surface area contributed by atoms with Gasteiger partial charge in [-0.05, 0) is 37.0 Å². The maximum atomic E-state index is 13.5. The zero-order valence-corrected chi connectivity index (χ0v) is 11.4. The van der Waals surface area contributed by atoms with Gasteiger partial charge in [0.1, 0.15) is 5.82 Å². The topological polar surface area (TPSA) is 32.7 Å². The van der Waals surface area contributed by atoms with Crippen LogP contribution in [0.1, 0.15) is 30.1 Å². The van der Waals surface area contributed by atoms with Crippen LogP contribution in [0.2, 0.25) is 0 Å². The molecule has 0 spiro atoms. The summed E-state index contributed by atoms with van der Waals surface area (Å²) in [6.45, 7) is 6.05. The van der Waals surface area contributed by atoms with Gasteiger partial charge in [-0.25, -0.2) is 4.39 Å². The van der Waals surface area contributed by atoms with Crippen molar-refractivity contribution in [3.05, 3.63) is 35.1 Å². The lowest BCUT2D eigenvalue weighted by atomic mass is 10.0. The summed E-state index contributed by atoms with van der Waals surface area (Å²) in [5.41, 5.74) is 1.27. The maximum absolute atomic E-state index is 13.5. The number of hydrogen-bond acceptors (Lipinski definition) is 3. The van der Waals surface area contributed by atoms with Crippen LogP contribution in [0.5, 0.6) is 0 Å². The molecule has 0 radical (unpaired) electrons. The highest BCUT2D eigenvalue weighted by Crippen LogP contribution is 2.20. The number of nitrogens with zero attached hydrogens (tertiary/aromatic N) is 1. The molecule has 1 saturated heterocycles. The summed E-state index contributed by atoms with van der Waals surface area (Å²) >= 11 is 0. The van der Waals surface area contributed by atoms with Crippen LogP contribution in [0.4, 0.5) is 4.39 Å². The van der Waals surface area contributed by atoms with Gasteiger partial charge in [0.15, 0.2) is 0 Å². The Hall–Kier alpha value is -0.970. The quantitative estimate of drug-likeness (QED) is 0.908. The van der Waals surface area contributed by atoms with Crippen LogP contribution in [-0.4, -0.2) is 42.9 Å². The molecule has 1 aromatic rings. The first-order chi connectivity index (χ1) is 9.16. The Morgan fingerprint density at radius 3 is 3.00 bits per heavy atom. The zero-order valence-electron chi connectivity index (χ0n) is 11.4. The molecule has 0 amide bonds. The Bertz CT molecular complexity index is 403. The highest BCUT2D eigenvalue weighted by molar-refractivity contribution is 5.24. The van der Waals surface area contributed by atoms with Crippen LogP contribution in [0.3, 0.4) is 0 Å². The molecule has 1 aliphatic rings. The standard InChI is InChI=1S/C15H22FNO2/c1-12-3-4-13(11-14(12)16)15(18)5-7-17-6-2-9-19-10-8-17/h3-4,11,15,18H,2,5-10H2,1H3. The number of ether oxygens (including phenoxy) is 1. The van der Waals surface area contributed by atoms with E-state index in [4.69, 9.17) is 4.74 Å². The fraction of sp³-hybridized carbons (Fsp3) is 0.600. The normalized spacial score (nSPS) is 19.1. The van der Waals surface area contributed by atoms with Crippen molar-refractivity contribution in [2.75, 3.05) is 32.8 Å². The highest BCUT2D eigenvalue weighted by Gasteiger charge is 2.13. The lowest BCUT2D eigenvalue weighted by Crippen LogP contribution is -2.28. The van der Waals surface area contributed by atoms with Crippen LogP contribution < -0.4 is 0 Å². The Morgan fingerprint density at radius 2 is 2.21 bits per heavy atom. The molecule has 1 heterocycles. The third kappa shape index (κ3) is 4.27. The molecule has 1 aliphatic heterocycles.